The summed E-state index contributed by atoms with van der Waals surface area (Å²) >= 11 is 0. The second-order valence-corrected chi connectivity index (χ2v) is 5.63. The van der Waals surface area contributed by atoms with Gasteiger partial charge in [-0.1, -0.05) is 48.5 Å². The van der Waals surface area contributed by atoms with E-state index in [-0.39, 0.29) is 6.42 Å². The zero-order valence-electron chi connectivity index (χ0n) is 13.8. The second kappa shape index (κ2) is 8.63. The van der Waals surface area contributed by atoms with Gasteiger partial charge in [-0.3, -0.25) is 9.59 Å². The smallest absolute Gasteiger partial charge is 0.251 e. The van der Waals surface area contributed by atoms with Crippen molar-refractivity contribution in [2.45, 2.75) is 25.4 Å². The molecule has 0 aliphatic carbocycles. The van der Waals surface area contributed by atoms with Crippen LogP contribution in [0.1, 0.15) is 22.8 Å². The van der Waals surface area contributed by atoms with Crippen LogP contribution in [-0.4, -0.2) is 29.9 Å². The molecule has 0 bridgehead atoms. The zero-order valence-corrected chi connectivity index (χ0v) is 13.8. The van der Waals surface area contributed by atoms with Gasteiger partial charge in [0.1, 0.15) is 6.04 Å². The summed E-state index contributed by atoms with van der Waals surface area (Å²) in [5.41, 5.74) is 1.26. The van der Waals surface area contributed by atoms with Crippen molar-refractivity contribution >= 4 is 17.8 Å². The standard InChI is InChI=1S/C19H20N2O4/c1-13(19(24)25)20-18(23)16(12-14-8-4-2-5-9-14)21-17(22)15-10-6-3-7-11-15/h2-11,13,16H,12H2,1H3,(H,20,23)(H,21,22)(H,24,25)/p-1/t13-,16+/m1/s1. The third-order valence-electron chi connectivity index (χ3n) is 3.65. The van der Waals surface area contributed by atoms with Gasteiger partial charge in [0.15, 0.2) is 0 Å². The Morgan fingerprint density at radius 1 is 0.920 bits per heavy atom. The third kappa shape index (κ3) is 5.46. The van der Waals surface area contributed by atoms with E-state index in [1.54, 1.807) is 30.3 Å². The normalized spacial score (nSPS) is 12.7. The van der Waals surface area contributed by atoms with E-state index >= 15 is 0 Å². The quantitative estimate of drug-likeness (QED) is 0.757. The molecule has 0 saturated carbocycles. The Morgan fingerprint density at radius 2 is 1.48 bits per heavy atom. The SMILES string of the molecule is C[C@@H](NC(=O)[C@H](Cc1ccccc1)NC(=O)c1ccccc1)C(=O)[O-]. The van der Waals surface area contributed by atoms with Crippen LogP contribution in [0.15, 0.2) is 60.7 Å². The summed E-state index contributed by atoms with van der Waals surface area (Å²) in [5, 5.41) is 15.8. The Kier molecular flexibility index (Phi) is 6.28. The maximum Gasteiger partial charge on any atom is 0.251 e. The molecule has 6 heteroatoms. The van der Waals surface area contributed by atoms with Crippen LogP contribution in [0.3, 0.4) is 0 Å². The molecule has 2 amide bonds. The van der Waals surface area contributed by atoms with Gasteiger partial charge in [-0.05, 0) is 24.6 Å². The molecule has 2 aromatic carbocycles. The van der Waals surface area contributed by atoms with Gasteiger partial charge in [0, 0.05) is 12.0 Å². The number of rotatable bonds is 7. The number of aliphatic carboxylic acids is 1. The number of carbonyl (C=O) groups excluding carboxylic acids is 3. The summed E-state index contributed by atoms with van der Waals surface area (Å²) in [6, 6.07) is 15.6. The molecule has 0 aliphatic rings. The number of carboxylic acids is 1. The van der Waals surface area contributed by atoms with Crippen LogP contribution in [0.25, 0.3) is 0 Å². The van der Waals surface area contributed by atoms with Gasteiger partial charge in [-0.2, -0.15) is 0 Å². The summed E-state index contributed by atoms with van der Waals surface area (Å²) in [6.45, 7) is 1.31. The number of benzene rings is 2. The lowest BCUT2D eigenvalue weighted by molar-refractivity contribution is -0.307. The Morgan fingerprint density at radius 3 is 2.04 bits per heavy atom. The number of nitrogens with one attached hydrogen (secondary N) is 2. The molecule has 2 aromatic rings. The van der Waals surface area contributed by atoms with Crippen molar-refractivity contribution in [2.75, 3.05) is 0 Å². The number of carbonyl (C=O) groups is 3. The highest BCUT2D eigenvalue weighted by Gasteiger charge is 2.23. The molecule has 0 aromatic heterocycles. The van der Waals surface area contributed by atoms with E-state index in [4.69, 9.17) is 0 Å². The second-order valence-electron chi connectivity index (χ2n) is 5.63. The molecule has 0 aliphatic heterocycles. The molecule has 2 rings (SSSR count). The summed E-state index contributed by atoms with van der Waals surface area (Å²) in [4.78, 5) is 35.6. The Hall–Kier alpha value is -3.15. The van der Waals surface area contributed by atoms with Gasteiger partial charge >= 0.3 is 0 Å². The Bertz CT molecular complexity index is 732. The Balaban J connectivity index is 2.15. The van der Waals surface area contributed by atoms with Gasteiger partial charge in [0.05, 0.1) is 12.0 Å². The van der Waals surface area contributed by atoms with Gasteiger partial charge in [-0.25, -0.2) is 0 Å². The molecular formula is C19H19N2O4-. The van der Waals surface area contributed by atoms with Crippen LogP contribution >= 0.6 is 0 Å². The van der Waals surface area contributed by atoms with Crippen molar-refractivity contribution < 1.29 is 19.5 Å². The third-order valence-corrected chi connectivity index (χ3v) is 3.65. The fraction of sp³-hybridized carbons (Fsp3) is 0.211. The first-order valence-corrected chi connectivity index (χ1v) is 7.88. The monoisotopic (exact) mass is 339 g/mol. The van der Waals surface area contributed by atoms with Crippen LogP contribution in [0.4, 0.5) is 0 Å². The van der Waals surface area contributed by atoms with Crippen LogP contribution < -0.4 is 15.7 Å². The van der Waals surface area contributed by atoms with Gasteiger partial charge in [0.25, 0.3) is 5.91 Å². The largest absolute Gasteiger partial charge is 0.548 e. The average Bonchev–Trinajstić information content (AvgIpc) is 2.62. The van der Waals surface area contributed by atoms with Gasteiger partial charge < -0.3 is 20.5 Å². The van der Waals surface area contributed by atoms with E-state index in [2.05, 4.69) is 10.6 Å². The first-order chi connectivity index (χ1) is 12.0. The van der Waals surface area contributed by atoms with Crippen molar-refractivity contribution in [3.8, 4) is 0 Å². The molecule has 0 saturated heterocycles. The van der Waals surface area contributed by atoms with Crippen molar-refractivity contribution in [2.24, 2.45) is 0 Å². The Labute approximate surface area is 145 Å². The average molecular weight is 339 g/mol. The van der Waals surface area contributed by atoms with Gasteiger partial charge in [0.2, 0.25) is 5.91 Å². The molecule has 6 nitrogen and oxygen atoms in total. The summed E-state index contributed by atoms with van der Waals surface area (Å²) in [7, 11) is 0. The van der Waals surface area contributed by atoms with Crippen LogP contribution in [-0.2, 0) is 16.0 Å². The zero-order chi connectivity index (χ0) is 18.2. The predicted molar refractivity (Wildman–Crippen MR) is 90.5 cm³/mol. The first-order valence-electron chi connectivity index (χ1n) is 7.88. The van der Waals surface area contributed by atoms with Crippen LogP contribution in [0.2, 0.25) is 0 Å². The lowest BCUT2D eigenvalue weighted by atomic mass is 10.0. The van der Waals surface area contributed by atoms with E-state index < -0.39 is 29.9 Å². The van der Waals surface area contributed by atoms with Crippen molar-refractivity contribution in [3.05, 3.63) is 71.8 Å². The van der Waals surface area contributed by atoms with E-state index in [9.17, 15) is 19.5 Å². The summed E-state index contributed by atoms with van der Waals surface area (Å²) in [6.07, 6.45) is 0.241. The van der Waals surface area contributed by atoms with Crippen molar-refractivity contribution in [1.29, 1.82) is 0 Å². The first kappa shape index (κ1) is 18.2. The minimum atomic E-state index is -1.39. The fourth-order valence-corrected chi connectivity index (χ4v) is 2.26. The molecule has 0 radical (unpaired) electrons. The van der Waals surface area contributed by atoms with E-state index in [1.165, 1.54) is 6.92 Å². The molecule has 0 unspecified atom stereocenters. The van der Waals surface area contributed by atoms with Crippen LogP contribution in [0, 0.1) is 0 Å². The molecule has 2 atom stereocenters. The van der Waals surface area contributed by atoms with E-state index in [1.807, 2.05) is 30.3 Å². The number of hydrogen-bond acceptors (Lipinski definition) is 4. The number of hydrogen-bond donors (Lipinski definition) is 2. The predicted octanol–water partition coefficient (Wildman–Crippen LogP) is 0.282. The molecule has 0 spiro atoms. The van der Waals surface area contributed by atoms with E-state index in [0.717, 1.165) is 5.56 Å². The molecular weight excluding hydrogens is 320 g/mol. The van der Waals surface area contributed by atoms with E-state index in [0.29, 0.717) is 5.56 Å². The molecule has 25 heavy (non-hydrogen) atoms. The van der Waals surface area contributed by atoms with Crippen molar-refractivity contribution in [1.82, 2.24) is 10.6 Å². The minimum Gasteiger partial charge on any atom is -0.548 e. The maximum absolute atomic E-state index is 12.4. The molecule has 2 N–H and O–H groups in total. The highest BCUT2D eigenvalue weighted by molar-refractivity contribution is 5.98. The molecule has 0 heterocycles. The topological polar surface area (TPSA) is 98.3 Å². The highest BCUT2D eigenvalue weighted by Crippen LogP contribution is 2.06. The maximum atomic E-state index is 12.4. The minimum absolute atomic E-state index is 0.241. The highest BCUT2D eigenvalue weighted by atomic mass is 16.4. The van der Waals surface area contributed by atoms with Crippen molar-refractivity contribution in [3.63, 3.8) is 0 Å². The number of carboxylic acid groups (broad SMARTS) is 1. The van der Waals surface area contributed by atoms with Crippen LogP contribution in [0.5, 0.6) is 0 Å². The summed E-state index contributed by atoms with van der Waals surface area (Å²) in [5.74, 6) is -2.37. The number of amides is 2. The fourth-order valence-electron chi connectivity index (χ4n) is 2.26. The lowest BCUT2D eigenvalue weighted by Gasteiger charge is -2.22. The molecule has 130 valence electrons. The lowest BCUT2D eigenvalue weighted by Crippen LogP contribution is -2.54. The summed E-state index contributed by atoms with van der Waals surface area (Å²) < 4.78 is 0. The molecule has 0 fully saturated rings. The van der Waals surface area contributed by atoms with Gasteiger partial charge in [-0.15, -0.1) is 0 Å².